The van der Waals surface area contributed by atoms with Gasteiger partial charge in [0.15, 0.2) is 0 Å². The second-order valence-corrected chi connectivity index (χ2v) is 5.17. The van der Waals surface area contributed by atoms with Gasteiger partial charge < -0.3 is 9.30 Å². The third-order valence-electron chi connectivity index (χ3n) is 3.64. The predicted octanol–water partition coefficient (Wildman–Crippen LogP) is 4.03. The van der Waals surface area contributed by atoms with Crippen molar-refractivity contribution in [2.45, 2.75) is 18.8 Å². The fourth-order valence-electron chi connectivity index (χ4n) is 2.51. The fourth-order valence-corrected chi connectivity index (χ4v) is 2.71. The molecular formula is C17H17ClN2O. The lowest BCUT2D eigenvalue weighted by Crippen LogP contribution is -2.05. The molecule has 0 atom stereocenters. The van der Waals surface area contributed by atoms with Crippen LogP contribution in [0.3, 0.4) is 0 Å². The quantitative estimate of drug-likeness (QED) is 0.665. The molecular weight excluding hydrogens is 284 g/mol. The predicted molar refractivity (Wildman–Crippen MR) is 86.0 cm³/mol. The number of methoxy groups -OCH3 is 1. The van der Waals surface area contributed by atoms with E-state index in [1.807, 2.05) is 30.3 Å². The lowest BCUT2D eigenvalue weighted by molar-refractivity contribution is 0.414. The van der Waals surface area contributed by atoms with Crippen molar-refractivity contribution in [3.63, 3.8) is 0 Å². The fraction of sp³-hybridized carbons (Fsp3) is 0.235. The maximum Gasteiger partial charge on any atom is 0.124 e. The van der Waals surface area contributed by atoms with E-state index in [1.54, 1.807) is 7.11 Å². The summed E-state index contributed by atoms with van der Waals surface area (Å²) >= 11 is 6.03. The first kappa shape index (κ1) is 14.0. The average molecular weight is 301 g/mol. The van der Waals surface area contributed by atoms with Crippen LogP contribution >= 0.6 is 11.6 Å². The van der Waals surface area contributed by atoms with E-state index in [4.69, 9.17) is 16.3 Å². The van der Waals surface area contributed by atoms with Crippen LogP contribution in [0.4, 0.5) is 0 Å². The Morgan fingerprint density at radius 1 is 1.10 bits per heavy atom. The van der Waals surface area contributed by atoms with E-state index in [9.17, 15) is 0 Å². The molecule has 0 radical (unpaired) electrons. The number of para-hydroxylation sites is 2. The van der Waals surface area contributed by atoms with E-state index in [0.29, 0.717) is 5.88 Å². The van der Waals surface area contributed by atoms with Crippen molar-refractivity contribution in [2.75, 3.05) is 7.11 Å². The minimum Gasteiger partial charge on any atom is -0.497 e. The maximum atomic E-state index is 6.03. The van der Waals surface area contributed by atoms with Gasteiger partial charge in [-0.25, -0.2) is 4.98 Å². The first-order valence-electron chi connectivity index (χ1n) is 6.95. The Hall–Kier alpha value is -2.00. The number of nitrogens with zero attached hydrogens (tertiary/aromatic N) is 2. The second kappa shape index (κ2) is 6.19. The van der Waals surface area contributed by atoms with Crippen LogP contribution in [0.25, 0.3) is 11.0 Å². The summed E-state index contributed by atoms with van der Waals surface area (Å²) in [5, 5.41) is 0. The molecule has 2 aromatic carbocycles. The van der Waals surface area contributed by atoms with Gasteiger partial charge in [0, 0.05) is 6.54 Å². The highest BCUT2D eigenvalue weighted by Crippen LogP contribution is 2.19. The number of halogens is 1. The van der Waals surface area contributed by atoms with Crippen LogP contribution in [-0.2, 0) is 18.8 Å². The number of hydrogen-bond donors (Lipinski definition) is 0. The summed E-state index contributed by atoms with van der Waals surface area (Å²) in [7, 11) is 1.68. The molecule has 0 aliphatic rings. The van der Waals surface area contributed by atoms with Gasteiger partial charge in [-0.3, -0.25) is 0 Å². The summed E-state index contributed by atoms with van der Waals surface area (Å²) in [4.78, 5) is 4.58. The van der Waals surface area contributed by atoms with Crippen molar-refractivity contribution in [1.82, 2.24) is 9.55 Å². The van der Waals surface area contributed by atoms with E-state index < -0.39 is 0 Å². The molecule has 108 valence electrons. The van der Waals surface area contributed by atoms with Gasteiger partial charge in [-0.05, 0) is 36.2 Å². The zero-order valence-corrected chi connectivity index (χ0v) is 12.7. The van der Waals surface area contributed by atoms with Crippen LogP contribution < -0.4 is 4.74 Å². The number of aryl methyl sites for hydroxylation is 2. The molecule has 0 spiro atoms. The van der Waals surface area contributed by atoms with Crippen LogP contribution in [0.15, 0.2) is 48.5 Å². The Bertz CT molecular complexity index is 734. The lowest BCUT2D eigenvalue weighted by atomic mass is 10.1. The molecule has 0 N–H and O–H groups in total. The van der Waals surface area contributed by atoms with Crippen LogP contribution in [-0.4, -0.2) is 16.7 Å². The number of imidazole rings is 1. The average Bonchev–Trinajstić information content (AvgIpc) is 2.91. The molecule has 1 heterocycles. The number of aromatic nitrogens is 2. The van der Waals surface area contributed by atoms with Gasteiger partial charge in [0.25, 0.3) is 0 Å². The van der Waals surface area contributed by atoms with E-state index in [1.165, 1.54) is 5.56 Å². The zero-order valence-electron chi connectivity index (χ0n) is 11.9. The minimum absolute atomic E-state index is 0.428. The number of hydrogen-bond acceptors (Lipinski definition) is 2. The van der Waals surface area contributed by atoms with E-state index >= 15 is 0 Å². The molecule has 0 fully saturated rings. The Labute approximate surface area is 129 Å². The van der Waals surface area contributed by atoms with Crippen molar-refractivity contribution in [3.05, 3.63) is 59.9 Å². The van der Waals surface area contributed by atoms with Crippen LogP contribution in [0.1, 0.15) is 11.4 Å². The molecule has 0 saturated heterocycles. The topological polar surface area (TPSA) is 27.1 Å². The third-order valence-corrected chi connectivity index (χ3v) is 3.88. The van der Waals surface area contributed by atoms with Crippen LogP contribution in [0.5, 0.6) is 5.75 Å². The van der Waals surface area contributed by atoms with Crippen molar-refractivity contribution in [2.24, 2.45) is 0 Å². The molecule has 0 amide bonds. The van der Waals surface area contributed by atoms with E-state index in [0.717, 1.165) is 35.6 Å². The molecule has 0 bridgehead atoms. The van der Waals surface area contributed by atoms with Crippen LogP contribution in [0.2, 0.25) is 0 Å². The van der Waals surface area contributed by atoms with Crippen molar-refractivity contribution >= 4 is 22.6 Å². The first-order chi connectivity index (χ1) is 10.3. The molecule has 0 saturated carbocycles. The summed E-state index contributed by atoms with van der Waals surface area (Å²) < 4.78 is 7.38. The molecule has 1 aromatic heterocycles. The summed E-state index contributed by atoms with van der Waals surface area (Å²) in [5.74, 6) is 2.23. The number of alkyl halides is 1. The summed E-state index contributed by atoms with van der Waals surface area (Å²) in [6, 6.07) is 16.3. The molecule has 3 nitrogen and oxygen atoms in total. The van der Waals surface area contributed by atoms with Crippen molar-refractivity contribution < 1.29 is 4.74 Å². The highest BCUT2D eigenvalue weighted by molar-refractivity contribution is 6.16. The smallest absolute Gasteiger partial charge is 0.124 e. The van der Waals surface area contributed by atoms with Crippen molar-refractivity contribution in [3.8, 4) is 5.75 Å². The van der Waals surface area contributed by atoms with Crippen LogP contribution in [0, 0.1) is 0 Å². The molecule has 3 aromatic rings. The molecule has 21 heavy (non-hydrogen) atoms. The second-order valence-electron chi connectivity index (χ2n) is 4.90. The summed E-state index contributed by atoms with van der Waals surface area (Å²) in [6.45, 7) is 0.870. The Morgan fingerprint density at radius 3 is 2.57 bits per heavy atom. The third kappa shape index (κ3) is 2.88. The summed E-state index contributed by atoms with van der Waals surface area (Å²) in [6.07, 6.45) is 0.939. The highest BCUT2D eigenvalue weighted by Gasteiger charge is 2.09. The normalized spacial score (nSPS) is 11.0. The number of rotatable bonds is 5. The zero-order chi connectivity index (χ0) is 14.7. The number of benzene rings is 2. The monoisotopic (exact) mass is 300 g/mol. The van der Waals surface area contributed by atoms with Gasteiger partial charge in [0.1, 0.15) is 11.6 Å². The van der Waals surface area contributed by atoms with Gasteiger partial charge in [0.05, 0.1) is 24.0 Å². The Morgan fingerprint density at radius 2 is 1.86 bits per heavy atom. The summed E-state index contributed by atoms with van der Waals surface area (Å²) in [5.41, 5.74) is 3.42. The van der Waals surface area contributed by atoms with Gasteiger partial charge in [0.2, 0.25) is 0 Å². The molecule has 4 heteroatoms. The SMILES string of the molecule is COc1ccc(CCn2c(CCl)nc3ccccc32)cc1. The molecule has 0 aliphatic carbocycles. The highest BCUT2D eigenvalue weighted by atomic mass is 35.5. The van der Waals surface area contributed by atoms with Gasteiger partial charge in [-0.2, -0.15) is 0 Å². The van der Waals surface area contributed by atoms with E-state index in [2.05, 4.69) is 27.8 Å². The maximum absolute atomic E-state index is 6.03. The molecule has 3 rings (SSSR count). The standard InChI is InChI=1S/C17H17ClN2O/c1-21-14-8-6-13(7-9-14)10-11-20-16-5-3-2-4-15(16)19-17(20)12-18/h2-9H,10-12H2,1H3. The Balaban J connectivity index is 1.83. The van der Waals surface area contributed by atoms with E-state index in [-0.39, 0.29) is 0 Å². The molecule has 0 unspecified atom stereocenters. The van der Waals surface area contributed by atoms with Gasteiger partial charge in [-0.1, -0.05) is 24.3 Å². The first-order valence-corrected chi connectivity index (χ1v) is 7.48. The van der Waals surface area contributed by atoms with Gasteiger partial charge >= 0.3 is 0 Å². The minimum atomic E-state index is 0.428. The molecule has 0 aliphatic heterocycles. The lowest BCUT2D eigenvalue weighted by Gasteiger charge is -2.08. The van der Waals surface area contributed by atoms with Gasteiger partial charge in [-0.15, -0.1) is 11.6 Å². The number of ether oxygens (including phenoxy) is 1. The Kier molecular flexibility index (Phi) is 4.11. The number of fused-ring (bicyclic) bond motifs is 1. The van der Waals surface area contributed by atoms with Crippen molar-refractivity contribution in [1.29, 1.82) is 0 Å². The largest absolute Gasteiger partial charge is 0.497 e.